The Morgan fingerprint density at radius 3 is 2.40 bits per heavy atom. The number of hydrogen-bond donors (Lipinski definition) is 1. The standard InChI is InChI=1S/C17H25NO2/c1-12-9-10-17(4,16(12,2)3)11-20-15(19)13-5-7-14(18)8-6-13/h5-8,12H,9-11,18H2,1-4H3/t12-,17+/m0/s1. The van der Waals surface area contributed by atoms with E-state index in [1.807, 2.05) is 0 Å². The summed E-state index contributed by atoms with van der Waals surface area (Å²) in [7, 11) is 0. The summed E-state index contributed by atoms with van der Waals surface area (Å²) in [5.74, 6) is 0.393. The lowest BCUT2D eigenvalue weighted by molar-refractivity contribution is -0.00349. The lowest BCUT2D eigenvalue weighted by atomic mass is 9.66. The fourth-order valence-corrected chi connectivity index (χ4v) is 3.00. The summed E-state index contributed by atoms with van der Waals surface area (Å²) in [5.41, 5.74) is 7.07. The highest BCUT2D eigenvalue weighted by atomic mass is 16.5. The molecule has 1 aromatic carbocycles. The second-order valence-corrected chi connectivity index (χ2v) is 6.92. The maximum atomic E-state index is 12.1. The smallest absolute Gasteiger partial charge is 0.338 e. The second kappa shape index (κ2) is 5.12. The first-order valence-corrected chi connectivity index (χ1v) is 7.29. The maximum Gasteiger partial charge on any atom is 0.338 e. The molecule has 0 radical (unpaired) electrons. The molecule has 0 spiro atoms. The topological polar surface area (TPSA) is 52.3 Å². The lowest BCUT2D eigenvalue weighted by Crippen LogP contribution is -2.37. The van der Waals surface area contributed by atoms with Crippen LogP contribution in [0, 0.1) is 16.7 Å². The average molecular weight is 275 g/mol. The summed E-state index contributed by atoms with van der Waals surface area (Å²) in [6, 6.07) is 6.87. The van der Waals surface area contributed by atoms with Crippen molar-refractivity contribution < 1.29 is 9.53 Å². The molecule has 0 heterocycles. The van der Waals surface area contributed by atoms with Crippen LogP contribution in [0.5, 0.6) is 0 Å². The first-order chi connectivity index (χ1) is 9.26. The highest BCUT2D eigenvalue weighted by Crippen LogP contribution is 2.55. The average Bonchev–Trinajstić information content (AvgIpc) is 2.61. The molecule has 2 N–H and O–H groups in total. The van der Waals surface area contributed by atoms with Crippen LogP contribution < -0.4 is 5.73 Å². The molecule has 1 saturated carbocycles. The number of anilines is 1. The van der Waals surface area contributed by atoms with Gasteiger partial charge in [-0.05, 0) is 48.4 Å². The van der Waals surface area contributed by atoms with Crippen LogP contribution >= 0.6 is 0 Å². The van der Waals surface area contributed by atoms with Crippen LogP contribution in [-0.2, 0) is 4.74 Å². The molecular weight excluding hydrogens is 250 g/mol. The van der Waals surface area contributed by atoms with Crippen LogP contribution in [0.4, 0.5) is 5.69 Å². The molecule has 2 rings (SSSR count). The van der Waals surface area contributed by atoms with Gasteiger partial charge in [0.05, 0.1) is 12.2 Å². The second-order valence-electron chi connectivity index (χ2n) is 6.92. The third-order valence-corrected chi connectivity index (χ3v) is 5.58. The Bertz CT molecular complexity index is 492. The number of rotatable bonds is 3. The number of nitrogens with two attached hydrogens (primary N) is 1. The van der Waals surface area contributed by atoms with E-state index in [0.717, 1.165) is 6.42 Å². The van der Waals surface area contributed by atoms with E-state index < -0.39 is 0 Å². The van der Waals surface area contributed by atoms with E-state index in [2.05, 4.69) is 27.7 Å². The van der Waals surface area contributed by atoms with E-state index in [-0.39, 0.29) is 16.8 Å². The van der Waals surface area contributed by atoms with Crippen molar-refractivity contribution in [2.24, 2.45) is 16.7 Å². The summed E-state index contributed by atoms with van der Waals surface area (Å²) < 4.78 is 5.56. The zero-order valence-corrected chi connectivity index (χ0v) is 12.9. The van der Waals surface area contributed by atoms with Gasteiger partial charge in [-0.25, -0.2) is 4.79 Å². The molecular formula is C17H25NO2. The highest BCUT2D eigenvalue weighted by molar-refractivity contribution is 5.89. The van der Waals surface area contributed by atoms with Crippen LogP contribution in [-0.4, -0.2) is 12.6 Å². The number of nitrogen functional groups attached to an aromatic ring is 1. The van der Waals surface area contributed by atoms with Gasteiger partial charge in [0.2, 0.25) is 0 Å². The van der Waals surface area contributed by atoms with Gasteiger partial charge < -0.3 is 10.5 Å². The van der Waals surface area contributed by atoms with E-state index in [0.29, 0.717) is 23.8 Å². The van der Waals surface area contributed by atoms with Crippen LogP contribution in [0.15, 0.2) is 24.3 Å². The minimum atomic E-state index is -0.262. The molecule has 0 aliphatic heterocycles. The van der Waals surface area contributed by atoms with Crippen molar-refractivity contribution in [2.45, 2.75) is 40.5 Å². The number of carbonyl (C=O) groups excluding carboxylic acids is 1. The van der Waals surface area contributed by atoms with Crippen molar-refractivity contribution in [2.75, 3.05) is 12.3 Å². The van der Waals surface area contributed by atoms with E-state index in [1.165, 1.54) is 6.42 Å². The molecule has 1 aromatic rings. The molecule has 0 saturated heterocycles. The first-order valence-electron chi connectivity index (χ1n) is 7.29. The molecule has 0 unspecified atom stereocenters. The number of esters is 1. The fourth-order valence-electron chi connectivity index (χ4n) is 3.00. The first kappa shape index (κ1) is 14.9. The minimum Gasteiger partial charge on any atom is -0.461 e. The zero-order chi connectivity index (χ0) is 15.0. The van der Waals surface area contributed by atoms with Gasteiger partial charge in [-0.3, -0.25) is 0 Å². The van der Waals surface area contributed by atoms with Gasteiger partial charge in [-0.15, -0.1) is 0 Å². The van der Waals surface area contributed by atoms with Crippen molar-refractivity contribution in [3.63, 3.8) is 0 Å². The molecule has 1 aliphatic carbocycles. The maximum absolute atomic E-state index is 12.1. The lowest BCUT2D eigenvalue weighted by Gasteiger charge is -2.40. The molecule has 0 amide bonds. The highest BCUT2D eigenvalue weighted by Gasteiger charge is 2.50. The molecule has 1 aliphatic rings. The van der Waals surface area contributed by atoms with Gasteiger partial charge in [0.25, 0.3) is 0 Å². The molecule has 0 bridgehead atoms. The Balaban J connectivity index is 2.02. The van der Waals surface area contributed by atoms with Crippen molar-refractivity contribution in [1.82, 2.24) is 0 Å². The van der Waals surface area contributed by atoms with Gasteiger partial charge >= 0.3 is 5.97 Å². The van der Waals surface area contributed by atoms with Crippen molar-refractivity contribution in [3.8, 4) is 0 Å². The van der Waals surface area contributed by atoms with Crippen molar-refractivity contribution in [3.05, 3.63) is 29.8 Å². The molecule has 3 heteroatoms. The number of carbonyl (C=O) groups is 1. The Morgan fingerprint density at radius 1 is 1.30 bits per heavy atom. The van der Waals surface area contributed by atoms with Crippen LogP contribution in [0.25, 0.3) is 0 Å². The van der Waals surface area contributed by atoms with Gasteiger partial charge in [0.1, 0.15) is 0 Å². The Labute approximate surface area is 121 Å². The predicted molar refractivity (Wildman–Crippen MR) is 81.4 cm³/mol. The summed E-state index contributed by atoms with van der Waals surface area (Å²) >= 11 is 0. The van der Waals surface area contributed by atoms with E-state index in [4.69, 9.17) is 10.5 Å². The normalized spacial score (nSPS) is 28.3. The number of ether oxygens (including phenoxy) is 1. The third kappa shape index (κ3) is 2.54. The van der Waals surface area contributed by atoms with E-state index in [9.17, 15) is 4.79 Å². The quantitative estimate of drug-likeness (QED) is 0.672. The molecule has 2 atom stereocenters. The number of hydrogen-bond acceptors (Lipinski definition) is 3. The van der Waals surface area contributed by atoms with Crippen LogP contribution in [0.1, 0.15) is 50.9 Å². The molecule has 0 aromatic heterocycles. The predicted octanol–water partition coefficient (Wildman–Crippen LogP) is 3.89. The summed E-state index contributed by atoms with van der Waals surface area (Å²) in [5, 5.41) is 0. The fraction of sp³-hybridized carbons (Fsp3) is 0.588. The SMILES string of the molecule is C[C@H]1CC[C@](C)(COC(=O)c2ccc(N)cc2)C1(C)C. The van der Waals surface area contributed by atoms with E-state index in [1.54, 1.807) is 24.3 Å². The van der Waals surface area contributed by atoms with Crippen LogP contribution in [0.3, 0.4) is 0 Å². The Kier molecular flexibility index (Phi) is 3.81. The van der Waals surface area contributed by atoms with Crippen molar-refractivity contribution >= 4 is 11.7 Å². The largest absolute Gasteiger partial charge is 0.461 e. The minimum absolute atomic E-state index is 0.0515. The Hall–Kier alpha value is -1.51. The van der Waals surface area contributed by atoms with Gasteiger partial charge in [-0.1, -0.05) is 27.7 Å². The van der Waals surface area contributed by atoms with Gasteiger partial charge in [0.15, 0.2) is 0 Å². The molecule has 20 heavy (non-hydrogen) atoms. The molecule has 1 fully saturated rings. The number of benzene rings is 1. The Morgan fingerprint density at radius 2 is 1.90 bits per heavy atom. The third-order valence-electron chi connectivity index (χ3n) is 5.58. The van der Waals surface area contributed by atoms with Gasteiger partial charge in [0, 0.05) is 11.1 Å². The monoisotopic (exact) mass is 275 g/mol. The molecule has 110 valence electrons. The summed E-state index contributed by atoms with van der Waals surface area (Å²) in [4.78, 5) is 12.1. The van der Waals surface area contributed by atoms with E-state index >= 15 is 0 Å². The van der Waals surface area contributed by atoms with Crippen LogP contribution in [0.2, 0.25) is 0 Å². The summed E-state index contributed by atoms with van der Waals surface area (Å²) in [6.45, 7) is 9.55. The zero-order valence-electron chi connectivity index (χ0n) is 12.9. The van der Waals surface area contributed by atoms with Gasteiger partial charge in [-0.2, -0.15) is 0 Å². The van der Waals surface area contributed by atoms with Crippen molar-refractivity contribution in [1.29, 1.82) is 0 Å². The summed E-state index contributed by atoms with van der Waals surface area (Å²) in [6.07, 6.45) is 2.30. The molecule has 3 nitrogen and oxygen atoms in total.